The van der Waals surface area contributed by atoms with Crippen molar-refractivity contribution in [2.75, 3.05) is 40.5 Å². The maximum absolute atomic E-state index is 11.8. The van der Waals surface area contributed by atoms with Gasteiger partial charge >= 0.3 is 0 Å². The smallest absolute Gasteiger partial charge is 0.224 e. The van der Waals surface area contributed by atoms with Crippen LogP contribution in [0.3, 0.4) is 0 Å². The molecule has 1 amide bonds. The number of carbonyl (C=O) groups excluding carboxylic acids is 1. The summed E-state index contributed by atoms with van der Waals surface area (Å²) in [7, 11) is 3.28. The molecule has 0 rings (SSSR count). The molecule has 0 aliphatic rings. The molecule has 0 fully saturated rings. The first-order valence-corrected chi connectivity index (χ1v) is 5.63. The van der Waals surface area contributed by atoms with Crippen LogP contribution in [0.5, 0.6) is 0 Å². The lowest BCUT2D eigenvalue weighted by atomic mass is 10.2. The normalized spacial score (nSPS) is 12.5. The molecular formula is C11H24N2O3. The van der Waals surface area contributed by atoms with E-state index < -0.39 is 0 Å². The quantitative estimate of drug-likeness (QED) is 0.578. The monoisotopic (exact) mass is 232 g/mol. The first-order chi connectivity index (χ1) is 7.61. The number of hydrogen-bond donors (Lipinski definition) is 1. The van der Waals surface area contributed by atoms with Gasteiger partial charge in [0.25, 0.3) is 0 Å². The van der Waals surface area contributed by atoms with Crippen molar-refractivity contribution in [1.29, 1.82) is 0 Å². The Morgan fingerprint density at radius 1 is 1.25 bits per heavy atom. The van der Waals surface area contributed by atoms with Crippen LogP contribution in [-0.4, -0.2) is 57.4 Å². The molecule has 5 nitrogen and oxygen atoms in total. The van der Waals surface area contributed by atoms with Gasteiger partial charge in [0.05, 0.1) is 6.61 Å². The van der Waals surface area contributed by atoms with E-state index in [1.54, 1.807) is 19.1 Å². The fourth-order valence-electron chi connectivity index (χ4n) is 1.37. The number of nitrogens with zero attached hydrogens (tertiary/aromatic N) is 1. The molecule has 0 aliphatic carbocycles. The van der Waals surface area contributed by atoms with Crippen LogP contribution in [0.1, 0.15) is 19.8 Å². The van der Waals surface area contributed by atoms with Crippen molar-refractivity contribution in [3.8, 4) is 0 Å². The molecule has 0 aromatic carbocycles. The standard InChI is InChI=1S/C11H24N2O3/c1-10(12)9-11(14)13(6-8-16-3)5-4-7-15-2/h10H,4-9,12H2,1-3H3. The number of hydrogen-bond acceptors (Lipinski definition) is 4. The van der Waals surface area contributed by atoms with Crippen molar-refractivity contribution in [3.05, 3.63) is 0 Å². The summed E-state index contributed by atoms with van der Waals surface area (Å²) in [4.78, 5) is 13.6. The zero-order valence-electron chi connectivity index (χ0n) is 10.6. The van der Waals surface area contributed by atoms with Gasteiger partial charge in [-0.1, -0.05) is 0 Å². The lowest BCUT2D eigenvalue weighted by Gasteiger charge is -2.23. The molecule has 96 valence electrons. The van der Waals surface area contributed by atoms with Gasteiger partial charge in [-0.2, -0.15) is 0 Å². The summed E-state index contributed by atoms with van der Waals surface area (Å²) in [6, 6.07) is -0.0972. The zero-order valence-corrected chi connectivity index (χ0v) is 10.6. The van der Waals surface area contributed by atoms with Gasteiger partial charge in [0.15, 0.2) is 0 Å². The third kappa shape index (κ3) is 7.62. The zero-order chi connectivity index (χ0) is 12.4. The summed E-state index contributed by atoms with van der Waals surface area (Å²) in [6.45, 7) is 4.36. The second-order valence-electron chi connectivity index (χ2n) is 3.90. The van der Waals surface area contributed by atoms with E-state index in [1.165, 1.54) is 0 Å². The Balaban J connectivity index is 4.01. The highest BCUT2D eigenvalue weighted by molar-refractivity contribution is 5.76. The number of methoxy groups -OCH3 is 2. The molecule has 0 heterocycles. The maximum atomic E-state index is 11.8. The molecular weight excluding hydrogens is 208 g/mol. The molecule has 0 aromatic heterocycles. The van der Waals surface area contributed by atoms with Gasteiger partial charge in [0.1, 0.15) is 0 Å². The van der Waals surface area contributed by atoms with Crippen molar-refractivity contribution >= 4 is 5.91 Å². The number of nitrogens with two attached hydrogens (primary N) is 1. The molecule has 0 aliphatic heterocycles. The highest BCUT2D eigenvalue weighted by atomic mass is 16.5. The average molecular weight is 232 g/mol. The molecule has 2 N–H and O–H groups in total. The van der Waals surface area contributed by atoms with Gasteiger partial charge < -0.3 is 20.1 Å². The van der Waals surface area contributed by atoms with Gasteiger partial charge in [-0.25, -0.2) is 0 Å². The second-order valence-corrected chi connectivity index (χ2v) is 3.90. The average Bonchev–Trinajstić information content (AvgIpc) is 2.22. The summed E-state index contributed by atoms with van der Waals surface area (Å²) >= 11 is 0. The van der Waals surface area contributed by atoms with Gasteiger partial charge in [0, 0.05) is 46.4 Å². The fraction of sp³-hybridized carbons (Fsp3) is 0.909. The molecule has 1 atom stereocenters. The highest BCUT2D eigenvalue weighted by Gasteiger charge is 2.14. The van der Waals surface area contributed by atoms with E-state index in [1.807, 2.05) is 6.92 Å². The van der Waals surface area contributed by atoms with E-state index in [0.29, 0.717) is 32.7 Å². The molecule has 0 spiro atoms. The molecule has 5 heteroatoms. The largest absolute Gasteiger partial charge is 0.385 e. The SMILES string of the molecule is COCCCN(CCOC)C(=O)CC(C)N. The molecule has 0 bridgehead atoms. The van der Waals surface area contributed by atoms with Gasteiger partial charge in [-0.3, -0.25) is 4.79 Å². The van der Waals surface area contributed by atoms with E-state index in [4.69, 9.17) is 15.2 Å². The lowest BCUT2D eigenvalue weighted by Crippen LogP contribution is -2.38. The number of amides is 1. The van der Waals surface area contributed by atoms with Crippen LogP contribution < -0.4 is 5.73 Å². The van der Waals surface area contributed by atoms with Crippen LogP contribution in [-0.2, 0) is 14.3 Å². The predicted molar refractivity (Wildman–Crippen MR) is 63.2 cm³/mol. The molecule has 16 heavy (non-hydrogen) atoms. The lowest BCUT2D eigenvalue weighted by molar-refractivity contribution is -0.132. The van der Waals surface area contributed by atoms with Gasteiger partial charge in [0.2, 0.25) is 5.91 Å². The topological polar surface area (TPSA) is 64.8 Å². The summed E-state index contributed by atoms with van der Waals surface area (Å²) in [5, 5.41) is 0. The Bertz CT molecular complexity index is 186. The minimum absolute atomic E-state index is 0.0863. The summed E-state index contributed by atoms with van der Waals surface area (Å²) in [6.07, 6.45) is 1.22. The van der Waals surface area contributed by atoms with Crippen LogP contribution in [0, 0.1) is 0 Å². The van der Waals surface area contributed by atoms with Crippen LogP contribution in [0.15, 0.2) is 0 Å². The van der Waals surface area contributed by atoms with E-state index in [0.717, 1.165) is 6.42 Å². The fourth-order valence-corrected chi connectivity index (χ4v) is 1.37. The Kier molecular flexibility index (Phi) is 9.18. The third-order valence-corrected chi connectivity index (χ3v) is 2.19. The van der Waals surface area contributed by atoms with Crippen molar-refractivity contribution in [2.45, 2.75) is 25.8 Å². The van der Waals surface area contributed by atoms with Crippen LogP contribution in [0.2, 0.25) is 0 Å². The number of carbonyl (C=O) groups is 1. The number of ether oxygens (including phenoxy) is 2. The third-order valence-electron chi connectivity index (χ3n) is 2.19. The van der Waals surface area contributed by atoms with Crippen LogP contribution in [0.25, 0.3) is 0 Å². The van der Waals surface area contributed by atoms with E-state index >= 15 is 0 Å². The van der Waals surface area contributed by atoms with Gasteiger partial charge in [-0.05, 0) is 13.3 Å². The molecule has 0 saturated carbocycles. The first-order valence-electron chi connectivity index (χ1n) is 5.63. The summed E-state index contributed by atoms with van der Waals surface area (Å²) in [5.74, 6) is 0.0863. The van der Waals surface area contributed by atoms with Crippen LogP contribution >= 0.6 is 0 Å². The number of rotatable bonds is 9. The maximum Gasteiger partial charge on any atom is 0.224 e. The van der Waals surface area contributed by atoms with Crippen LogP contribution in [0.4, 0.5) is 0 Å². The Hall–Kier alpha value is -0.650. The molecule has 0 aromatic rings. The molecule has 0 radical (unpaired) electrons. The Morgan fingerprint density at radius 2 is 1.88 bits per heavy atom. The highest BCUT2D eigenvalue weighted by Crippen LogP contribution is 1.99. The summed E-state index contributed by atoms with van der Waals surface area (Å²) in [5.41, 5.74) is 5.61. The van der Waals surface area contributed by atoms with E-state index in [-0.39, 0.29) is 11.9 Å². The first kappa shape index (κ1) is 15.3. The molecule has 0 saturated heterocycles. The van der Waals surface area contributed by atoms with E-state index in [2.05, 4.69) is 0 Å². The Labute approximate surface area is 97.9 Å². The van der Waals surface area contributed by atoms with Gasteiger partial charge in [-0.15, -0.1) is 0 Å². The second kappa shape index (κ2) is 9.57. The van der Waals surface area contributed by atoms with E-state index in [9.17, 15) is 4.79 Å². The van der Waals surface area contributed by atoms with Crippen molar-refractivity contribution < 1.29 is 14.3 Å². The van der Waals surface area contributed by atoms with Crippen molar-refractivity contribution in [1.82, 2.24) is 4.90 Å². The minimum atomic E-state index is -0.0972. The van der Waals surface area contributed by atoms with Crippen molar-refractivity contribution in [2.24, 2.45) is 5.73 Å². The minimum Gasteiger partial charge on any atom is -0.385 e. The Morgan fingerprint density at radius 3 is 2.38 bits per heavy atom. The summed E-state index contributed by atoms with van der Waals surface area (Å²) < 4.78 is 9.94. The molecule has 1 unspecified atom stereocenters. The predicted octanol–water partition coefficient (Wildman–Crippen LogP) is 0.235. The van der Waals surface area contributed by atoms with Crippen molar-refractivity contribution in [3.63, 3.8) is 0 Å².